The van der Waals surface area contributed by atoms with E-state index in [2.05, 4.69) is 74.7 Å². The number of barbiturate groups is 1. The molecule has 3 aliphatic heterocycles. The fraction of sp³-hybridized carbons (Fsp3) is 0.167. The predicted molar refractivity (Wildman–Crippen MR) is 198 cm³/mol. The summed E-state index contributed by atoms with van der Waals surface area (Å²) in [6.07, 6.45) is 3.33. The summed E-state index contributed by atoms with van der Waals surface area (Å²) < 4.78 is 6.90. The summed E-state index contributed by atoms with van der Waals surface area (Å²) in [6.45, 7) is 2.15. The Kier molecular flexibility index (Phi) is 8.54. The van der Waals surface area contributed by atoms with E-state index in [0.717, 1.165) is 52.0 Å². The number of amides is 4. The molecule has 0 spiro atoms. The first-order valence-corrected chi connectivity index (χ1v) is 17.6. The topological polar surface area (TPSA) is 79.0 Å². The lowest BCUT2D eigenvalue weighted by molar-refractivity contribution is -0.122. The second-order valence-electron chi connectivity index (χ2n) is 12.9. The number of hydrogen-bond acceptors (Lipinski definition) is 5. The number of imide groups is 2. The van der Waals surface area contributed by atoms with E-state index in [1.807, 2.05) is 60.7 Å². The molecule has 5 aromatic rings. The Morgan fingerprint density at radius 3 is 1.92 bits per heavy atom. The van der Waals surface area contributed by atoms with E-state index in [4.69, 9.17) is 4.74 Å². The number of anilines is 2. The normalized spacial score (nSPS) is 19.3. The van der Waals surface area contributed by atoms with Crippen molar-refractivity contribution in [1.29, 1.82) is 0 Å². The van der Waals surface area contributed by atoms with Crippen molar-refractivity contribution in [1.82, 2.24) is 5.32 Å². The summed E-state index contributed by atoms with van der Waals surface area (Å²) in [5, 5.41) is 2.44. The van der Waals surface area contributed by atoms with Gasteiger partial charge in [0.2, 0.25) is 0 Å². The molecule has 0 radical (unpaired) electrons. The zero-order chi connectivity index (χ0) is 34.2. The largest absolute Gasteiger partial charge is 0.488 e. The summed E-state index contributed by atoms with van der Waals surface area (Å²) >= 11 is 3.52. The fourth-order valence-corrected chi connectivity index (χ4v) is 7.89. The first-order valence-electron chi connectivity index (χ1n) is 16.8. The van der Waals surface area contributed by atoms with Gasteiger partial charge in [-0.15, -0.1) is 0 Å². The number of carbonyl (C=O) groups is 3. The molecule has 248 valence electrons. The SMILES string of the molecule is O=C1NC(=O)N(c2cc3c4c(c2)[C@H](c2ccccc2)CCN4CC[C@H]3c2ccccc2)C(=O)/C1=C/c1cc(Br)ccc1OCc1ccccc1. The number of nitrogens with one attached hydrogen (secondary N) is 1. The monoisotopic (exact) mass is 723 g/mol. The average molecular weight is 725 g/mol. The summed E-state index contributed by atoms with van der Waals surface area (Å²) in [7, 11) is 0. The van der Waals surface area contributed by atoms with Gasteiger partial charge in [-0.05, 0) is 77.1 Å². The van der Waals surface area contributed by atoms with Crippen molar-refractivity contribution in [2.75, 3.05) is 22.9 Å². The smallest absolute Gasteiger partial charge is 0.335 e. The molecule has 0 bridgehead atoms. The Balaban J connectivity index is 1.23. The third-order valence-corrected chi connectivity index (χ3v) is 10.4. The second-order valence-corrected chi connectivity index (χ2v) is 13.8. The van der Waals surface area contributed by atoms with Crippen LogP contribution in [0.4, 0.5) is 16.2 Å². The number of nitrogens with zero attached hydrogens (tertiary/aromatic N) is 2. The van der Waals surface area contributed by atoms with Crippen molar-refractivity contribution in [3.63, 3.8) is 0 Å². The van der Waals surface area contributed by atoms with E-state index in [9.17, 15) is 14.4 Å². The second kappa shape index (κ2) is 13.4. The van der Waals surface area contributed by atoms with Gasteiger partial charge >= 0.3 is 6.03 Å². The van der Waals surface area contributed by atoms with Gasteiger partial charge < -0.3 is 9.64 Å². The van der Waals surface area contributed by atoms with Gasteiger partial charge in [0.25, 0.3) is 11.8 Å². The average Bonchev–Trinajstić information content (AvgIpc) is 3.14. The first kappa shape index (κ1) is 31.8. The molecule has 8 rings (SSSR count). The van der Waals surface area contributed by atoms with Crippen molar-refractivity contribution in [2.45, 2.75) is 31.3 Å². The van der Waals surface area contributed by atoms with Gasteiger partial charge in [0.15, 0.2) is 0 Å². The first-order chi connectivity index (χ1) is 24.4. The van der Waals surface area contributed by atoms with Crippen LogP contribution in [-0.4, -0.2) is 30.9 Å². The maximum atomic E-state index is 14.4. The molecule has 0 aliphatic carbocycles. The number of ether oxygens (including phenoxy) is 1. The molecule has 1 saturated heterocycles. The van der Waals surface area contributed by atoms with Crippen LogP contribution in [0.1, 0.15) is 58.1 Å². The van der Waals surface area contributed by atoms with Crippen molar-refractivity contribution in [3.8, 4) is 5.75 Å². The lowest BCUT2D eigenvalue weighted by Crippen LogP contribution is -2.54. The van der Waals surface area contributed by atoms with Gasteiger partial charge in [0.05, 0.1) is 5.69 Å². The van der Waals surface area contributed by atoms with Crippen molar-refractivity contribution in [3.05, 3.63) is 165 Å². The molecule has 4 amide bonds. The quantitative estimate of drug-likeness (QED) is 0.135. The minimum Gasteiger partial charge on any atom is -0.488 e. The van der Waals surface area contributed by atoms with Crippen LogP contribution >= 0.6 is 15.9 Å². The van der Waals surface area contributed by atoms with Crippen LogP contribution < -0.4 is 19.9 Å². The standard InChI is InChI=1S/C42H34BrN3O4/c43-31-16-17-38(50-26-27-10-4-1-5-11-27)30(22-31)23-37-40(47)44-42(49)46(41(37)48)32-24-35-33(28-12-6-2-7-13-28)18-20-45-21-19-34(36(25-32)39(35)45)29-14-8-3-9-15-29/h1-17,22-25,33-34H,18-21,26H2,(H,44,47,49)/b37-23+/t33-,34-/m0/s1. The zero-order valence-electron chi connectivity index (χ0n) is 27.2. The van der Waals surface area contributed by atoms with Crippen molar-refractivity contribution < 1.29 is 19.1 Å². The Morgan fingerprint density at radius 2 is 1.32 bits per heavy atom. The third kappa shape index (κ3) is 6.00. The molecule has 2 atom stereocenters. The summed E-state index contributed by atoms with van der Waals surface area (Å²) in [6, 6.07) is 39.2. The number of halogens is 1. The molecular weight excluding hydrogens is 690 g/mol. The number of hydrogen-bond donors (Lipinski definition) is 1. The van der Waals surface area contributed by atoms with E-state index in [1.165, 1.54) is 22.9 Å². The maximum Gasteiger partial charge on any atom is 0.335 e. The van der Waals surface area contributed by atoms with Gasteiger partial charge in [-0.1, -0.05) is 107 Å². The molecule has 0 unspecified atom stereocenters. The molecule has 5 aromatic carbocycles. The summed E-state index contributed by atoms with van der Waals surface area (Å²) in [4.78, 5) is 44.9. The van der Waals surface area contributed by atoms with E-state index in [-0.39, 0.29) is 17.4 Å². The van der Waals surface area contributed by atoms with Crippen LogP contribution in [-0.2, 0) is 16.2 Å². The Bertz CT molecular complexity index is 2060. The molecule has 0 aromatic heterocycles. The van der Waals surface area contributed by atoms with Gasteiger partial charge in [-0.2, -0.15) is 0 Å². The molecular formula is C42H34BrN3O4. The van der Waals surface area contributed by atoms with Crippen LogP contribution in [0.2, 0.25) is 0 Å². The highest BCUT2D eigenvalue weighted by molar-refractivity contribution is 9.10. The van der Waals surface area contributed by atoms with Crippen LogP contribution in [0.15, 0.2) is 131 Å². The Morgan fingerprint density at radius 1 is 0.740 bits per heavy atom. The number of urea groups is 1. The third-order valence-electron chi connectivity index (χ3n) is 9.87. The molecule has 0 saturated carbocycles. The summed E-state index contributed by atoms with van der Waals surface area (Å²) in [5.41, 5.74) is 7.54. The van der Waals surface area contributed by atoms with Crippen molar-refractivity contribution >= 4 is 51.2 Å². The summed E-state index contributed by atoms with van der Waals surface area (Å²) in [5.74, 6) is -0.762. The van der Waals surface area contributed by atoms with Crippen LogP contribution in [0.5, 0.6) is 5.75 Å². The molecule has 8 heteroatoms. The number of rotatable bonds is 7. The van der Waals surface area contributed by atoms with Gasteiger partial charge in [0.1, 0.15) is 17.9 Å². The molecule has 50 heavy (non-hydrogen) atoms. The maximum absolute atomic E-state index is 14.4. The highest BCUT2D eigenvalue weighted by Gasteiger charge is 2.40. The minimum absolute atomic E-state index is 0.0845. The van der Waals surface area contributed by atoms with E-state index in [1.54, 1.807) is 12.1 Å². The van der Waals surface area contributed by atoms with Crippen LogP contribution in [0, 0.1) is 0 Å². The van der Waals surface area contributed by atoms with Crippen molar-refractivity contribution in [2.24, 2.45) is 0 Å². The van der Waals surface area contributed by atoms with E-state index < -0.39 is 17.8 Å². The van der Waals surface area contributed by atoms with Gasteiger partial charge in [-0.25, -0.2) is 9.69 Å². The van der Waals surface area contributed by atoms with E-state index >= 15 is 0 Å². The molecule has 1 N–H and O–H groups in total. The van der Waals surface area contributed by atoms with Gasteiger partial charge in [0, 0.05) is 40.6 Å². The van der Waals surface area contributed by atoms with E-state index in [0.29, 0.717) is 23.6 Å². The van der Waals surface area contributed by atoms with Crippen LogP contribution in [0.3, 0.4) is 0 Å². The number of carbonyl (C=O) groups excluding carboxylic acids is 3. The minimum atomic E-state index is -0.768. The lowest BCUT2D eigenvalue weighted by atomic mass is 9.76. The van der Waals surface area contributed by atoms with Gasteiger partial charge in [-0.3, -0.25) is 14.9 Å². The highest BCUT2D eigenvalue weighted by atomic mass is 79.9. The molecule has 3 heterocycles. The predicted octanol–water partition coefficient (Wildman–Crippen LogP) is 8.57. The Labute approximate surface area is 299 Å². The number of benzene rings is 5. The molecule has 3 aliphatic rings. The highest BCUT2D eigenvalue weighted by Crippen LogP contribution is 2.50. The molecule has 7 nitrogen and oxygen atoms in total. The Hall–Kier alpha value is -5.47. The lowest BCUT2D eigenvalue weighted by Gasteiger charge is -2.44. The molecule has 1 fully saturated rings. The zero-order valence-corrected chi connectivity index (χ0v) is 28.8. The van der Waals surface area contributed by atoms with Crippen LogP contribution in [0.25, 0.3) is 6.08 Å². The fourth-order valence-electron chi connectivity index (χ4n) is 7.51.